The Kier molecular flexibility index (Phi) is 5.47. The van der Waals surface area contributed by atoms with Gasteiger partial charge in [0, 0.05) is 18.2 Å². The Hall–Kier alpha value is -2.62. The van der Waals surface area contributed by atoms with Crippen LogP contribution in [0, 0.1) is 18.8 Å². The fraction of sp³-hybridized carbons (Fsp3) is 0.417. The van der Waals surface area contributed by atoms with Gasteiger partial charge in [0.05, 0.1) is 13.0 Å². The molecule has 0 radical (unpaired) electrons. The van der Waals surface area contributed by atoms with E-state index >= 15 is 0 Å². The zero-order valence-corrected chi connectivity index (χ0v) is 16.5. The second kappa shape index (κ2) is 8.17. The van der Waals surface area contributed by atoms with Crippen LogP contribution >= 0.6 is 0 Å². The maximum atomic E-state index is 12.9. The number of hydrogen-bond acceptors (Lipinski definition) is 2. The van der Waals surface area contributed by atoms with Gasteiger partial charge in [0.2, 0.25) is 11.8 Å². The largest absolute Gasteiger partial charge is 0.356 e. The smallest absolute Gasteiger partial charge is 0.230 e. The van der Waals surface area contributed by atoms with Crippen molar-refractivity contribution in [1.29, 1.82) is 0 Å². The predicted octanol–water partition coefficient (Wildman–Crippen LogP) is 4.01. The highest BCUT2D eigenvalue weighted by Gasteiger charge is 2.34. The number of carbonyl (C=O) groups excluding carboxylic acids is 2. The van der Waals surface area contributed by atoms with E-state index in [0.29, 0.717) is 18.9 Å². The first-order chi connectivity index (χ1) is 13.6. The van der Waals surface area contributed by atoms with E-state index in [0.717, 1.165) is 36.2 Å². The lowest BCUT2D eigenvalue weighted by molar-refractivity contribution is -0.121. The third-order valence-electron chi connectivity index (χ3n) is 5.53. The quantitative estimate of drug-likeness (QED) is 0.757. The van der Waals surface area contributed by atoms with Crippen molar-refractivity contribution in [2.75, 3.05) is 11.4 Å². The van der Waals surface area contributed by atoms with Gasteiger partial charge in [-0.1, -0.05) is 42.0 Å². The molecule has 1 N–H and O–H groups in total. The lowest BCUT2D eigenvalue weighted by Crippen LogP contribution is -2.32. The van der Waals surface area contributed by atoms with Crippen molar-refractivity contribution >= 4 is 17.5 Å². The molecule has 0 heterocycles. The average molecular weight is 377 g/mol. The van der Waals surface area contributed by atoms with Gasteiger partial charge >= 0.3 is 0 Å². The monoisotopic (exact) mass is 376 g/mol. The Morgan fingerprint density at radius 3 is 2.43 bits per heavy atom. The van der Waals surface area contributed by atoms with E-state index in [1.807, 2.05) is 29.2 Å². The molecule has 0 saturated heterocycles. The van der Waals surface area contributed by atoms with Gasteiger partial charge in [0.1, 0.15) is 0 Å². The summed E-state index contributed by atoms with van der Waals surface area (Å²) in [6.45, 7) is 3.42. The van der Waals surface area contributed by atoms with E-state index in [9.17, 15) is 9.59 Å². The summed E-state index contributed by atoms with van der Waals surface area (Å²) in [4.78, 5) is 27.0. The number of aryl methyl sites for hydroxylation is 1. The van der Waals surface area contributed by atoms with Crippen LogP contribution in [0.3, 0.4) is 0 Å². The van der Waals surface area contributed by atoms with Crippen LogP contribution in [0.2, 0.25) is 0 Å². The minimum Gasteiger partial charge on any atom is -0.356 e. The van der Waals surface area contributed by atoms with Gasteiger partial charge in [-0.2, -0.15) is 0 Å². The van der Waals surface area contributed by atoms with Crippen molar-refractivity contribution < 1.29 is 9.59 Å². The van der Waals surface area contributed by atoms with E-state index in [1.54, 1.807) is 0 Å². The Labute approximate surface area is 166 Å². The topological polar surface area (TPSA) is 49.4 Å². The molecule has 2 aromatic carbocycles. The molecule has 2 aromatic rings. The summed E-state index contributed by atoms with van der Waals surface area (Å²) in [5, 5.41) is 3.02. The molecule has 0 aromatic heterocycles. The summed E-state index contributed by atoms with van der Waals surface area (Å²) >= 11 is 0. The third kappa shape index (κ3) is 5.00. The fourth-order valence-corrected chi connectivity index (χ4v) is 3.39. The Morgan fingerprint density at radius 1 is 1.00 bits per heavy atom. The van der Waals surface area contributed by atoms with E-state index in [2.05, 4.69) is 36.5 Å². The molecule has 0 atom stereocenters. The number of amides is 2. The normalized spacial score (nSPS) is 15.9. The first-order valence-corrected chi connectivity index (χ1v) is 10.3. The molecule has 4 heteroatoms. The van der Waals surface area contributed by atoms with Crippen LogP contribution in [0.1, 0.15) is 42.4 Å². The molecule has 2 fully saturated rings. The number of hydrogen-bond donors (Lipinski definition) is 1. The highest BCUT2D eigenvalue weighted by Crippen LogP contribution is 2.34. The lowest BCUT2D eigenvalue weighted by atomic mass is 10.1. The molecule has 2 aliphatic carbocycles. The van der Waals surface area contributed by atoms with Gasteiger partial charge in [-0.15, -0.1) is 0 Å². The van der Waals surface area contributed by atoms with Crippen LogP contribution in [0.15, 0.2) is 48.5 Å². The van der Waals surface area contributed by atoms with Crippen molar-refractivity contribution in [3.63, 3.8) is 0 Å². The zero-order chi connectivity index (χ0) is 19.5. The van der Waals surface area contributed by atoms with Gasteiger partial charge in [0.25, 0.3) is 0 Å². The van der Waals surface area contributed by atoms with Gasteiger partial charge in [-0.25, -0.2) is 0 Å². The van der Waals surface area contributed by atoms with E-state index < -0.39 is 0 Å². The molecule has 28 heavy (non-hydrogen) atoms. The third-order valence-corrected chi connectivity index (χ3v) is 5.53. The standard InChI is InChI=1S/C24H28N2O2/c1-17-5-7-19(8-6-17)16-26(24(28)21-11-12-21)22-4-2-3-20(13-22)14-23(27)25-15-18-9-10-18/h2-8,13,18,21H,9-12,14-16H2,1H3,(H,25,27). The summed E-state index contributed by atoms with van der Waals surface area (Å²) in [5.74, 6) is 1.07. The molecule has 2 amide bonds. The SMILES string of the molecule is Cc1ccc(CN(C(=O)C2CC2)c2cccc(CC(=O)NCC3CC3)c2)cc1. The highest BCUT2D eigenvalue weighted by molar-refractivity contribution is 5.96. The average Bonchev–Trinajstić information content (AvgIpc) is 3.59. The molecule has 146 valence electrons. The Balaban J connectivity index is 1.49. The van der Waals surface area contributed by atoms with Crippen LogP contribution in [0.5, 0.6) is 0 Å². The number of rotatable bonds is 8. The summed E-state index contributed by atoms with van der Waals surface area (Å²) < 4.78 is 0. The molecular weight excluding hydrogens is 348 g/mol. The first kappa shape index (κ1) is 18.7. The maximum absolute atomic E-state index is 12.9. The van der Waals surface area contributed by atoms with Gasteiger partial charge in [-0.05, 0) is 61.8 Å². The predicted molar refractivity (Wildman–Crippen MR) is 111 cm³/mol. The molecular formula is C24H28N2O2. The molecule has 2 saturated carbocycles. The summed E-state index contributed by atoms with van der Waals surface area (Å²) in [5.41, 5.74) is 4.16. The maximum Gasteiger partial charge on any atom is 0.230 e. The first-order valence-electron chi connectivity index (χ1n) is 10.3. The Morgan fingerprint density at radius 2 is 1.75 bits per heavy atom. The van der Waals surface area contributed by atoms with Crippen LogP contribution in [-0.4, -0.2) is 18.4 Å². The molecule has 4 nitrogen and oxygen atoms in total. The second-order valence-corrected chi connectivity index (χ2v) is 8.28. The molecule has 0 spiro atoms. The van der Waals surface area contributed by atoms with Crippen molar-refractivity contribution in [3.8, 4) is 0 Å². The molecule has 0 unspecified atom stereocenters. The number of nitrogens with one attached hydrogen (secondary N) is 1. The fourth-order valence-electron chi connectivity index (χ4n) is 3.39. The highest BCUT2D eigenvalue weighted by atomic mass is 16.2. The van der Waals surface area contributed by atoms with E-state index in [-0.39, 0.29) is 17.7 Å². The van der Waals surface area contributed by atoms with Crippen molar-refractivity contribution in [3.05, 3.63) is 65.2 Å². The van der Waals surface area contributed by atoms with Crippen LogP contribution < -0.4 is 10.2 Å². The summed E-state index contributed by atoms with van der Waals surface area (Å²) in [6, 6.07) is 16.2. The van der Waals surface area contributed by atoms with Gasteiger partial charge in [0.15, 0.2) is 0 Å². The van der Waals surface area contributed by atoms with Gasteiger partial charge in [-0.3, -0.25) is 9.59 Å². The van der Waals surface area contributed by atoms with Crippen molar-refractivity contribution in [2.45, 2.75) is 45.6 Å². The number of carbonyl (C=O) groups is 2. The number of nitrogens with zero attached hydrogens (tertiary/aromatic N) is 1. The van der Waals surface area contributed by atoms with Crippen LogP contribution in [-0.2, 0) is 22.6 Å². The summed E-state index contributed by atoms with van der Waals surface area (Å²) in [6.07, 6.45) is 4.77. The van der Waals surface area contributed by atoms with E-state index in [1.165, 1.54) is 18.4 Å². The van der Waals surface area contributed by atoms with Crippen molar-refractivity contribution in [2.24, 2.45) is 11.8 Å². The number of benzene rings is 2. The van der Waals surface area contributed by atoms with Crippen LogP contribution in [0.25, 0.3) is 0 Å². The van der Waals surface area contributed by atoms with Gasteiger partial charge < -0.3 is 10.2 Å². The molecule has 0 aliphatic heterocycles. The summed E-state index contributed by atoms with van der Waals surface area (Å²) in [7, 11) is 0. The minimum atomic E-state index is 0.0580. The lowest BCUT2D eigenvalue weighted by Gasteiger charge is -2.24. The molecule has 2 aliphatic rings. The van der Waals surface area contributed by atoms with Crippen molar-refractivity contribution in [1.82, 2.24) is 5.32 Å². The molecule has 4 rings (SSSR count). The zero-order valence-electron chi connectivity index (χ0n) is 16.5. The number of anilines is 1. The Bertz CT molecular complexity index is 851. The second-order valence-electron chi connectivity index (χ2n) is 8.28. The van der Waals surface area contributed by atoms with E-state index in [4.69, 9.17) is 0 Å². The minimum absolute atomic E-state index is 0.0580. The molecule has 0 bridgehead atoms. The van der Waals surface area contributed by atoms with Crippen LogP contribution in [0.4, 0.5) is 5.69 Å².